The molecule has 0 spiro atoms. The molecule has 0 radical (unpaired) electrons. The Kier molecular flexibility index (Phi) is 6.68. The minimum absolute atomic E-state index is 0.174. The van der Waals surface area contributed by atoms with Crippen molar-refractivity contribution < 1.29 is 4.74 Å². The van der Waals surface area contributed by atoms with Crippen molar-refractivity contribution in [3.63, 3.8) is 0 Å². The molecule has 3 nitrogen and oxygen atoms in total. The summed E-state index contributed by atoms with van der Waals surface area (Å²) in [6.45, 7) is 5.24. The van der Waals surface area contributed by atoms with E-state index in [0.717, 1.165) is 30.6 Å². The maximum absolute atomic E-state index is 6.45. The van der Waals surface area contributed by atoms with E-state index in [-0.39, 0.29) is 6.04 Å². The molecule has 2 rings (SSSR count). The van der Waals surface area contributed by atoms with Crippen molar-refractivity contribution in [2.45, 2.75) is 38.3 Å². The molecule has 0 bridgehead atoms. The first-order valence-corrected chi connectivity index (χ1v) is 8.69. The zero-order valence-corrected chi connectivity index (χ0v) is 14.7. The van der Waals surface area contributed by atoms with Crippen molar-refractivity contribution in [2.75, 3.05) is 26.8 Å². The molecular weight excluding hydrogens is 328 g/mol. The summed E-state index contributed by atoms with van der Waals surface area (Å²) in [6.07, 6.45) is 3.49. The maximum atomic E-state index is 6.45. The second kappa shape index (κ2) is 8.28. The number of hydrogen-bond acceptors (Lipinski definition) is 3. The molecule has 1 aromatic carbocycles. The van der Waals surface area contributed by atoms with Gasteiger partial charge in [0.1, 0.15) is 0 Å². The fourth-order valence-electron chi connectivity index (χ4n) is 3.33. The zero-order valence-electron chi connectivity index (χ0n) is 13.1. The van der Waals surface area contributed by atoms with E-state index < -0.39 is 0 Å². The molecule has 1 aliphatic heterocycles. The quantitative estimate of drug-likeness (QED) is 0.848. The number of piperidine rings is 1. The Morgan fingerprint density at radius 3 is 2.71 bits per heavy atom. The topological polar surface area (TPSA) is 38.5 Å². The van der Waals surface area contributed by atoms with Crippen LogP contribution in [0, 0.1) is 5.92 Å². The third kappa shape index (κ3) is 4.52. The molecule has 21 heavy (non-hydrogen) atoms. The van der Waals surface area contributed by atoms with E-state index in [9.17, 15) is 0 Å². The van der Waals surface area contributed by atoms with Gasteiger partial charge < -0.3 is 10.5 Å². The third-order valence-electron chi connectivity index (χ3n) is 4.43. The van der Waals surface area contributed by atoms with Gasteiger partial charge in [-0.1, -0.05) is 35.0 Å². The van der Waals surface area contributed by atoms with Crippen molar-refractivity contribution in [1.29, 1.82) is 0 Å². The number of rotatable bonds is 6. The Balaban J connectivity index is 2.17. The van der Waals surface area contributed by atoms with Crippen LogP contribution in [0.25, 0.3) is 0 Å². The highest BCUT2D eigenvalue weighted by Gasteiger charge is 2.30. The average Bonchev–Trinajstić information content (AvgIpc) is 2.50. The van der Waals surface area contributed by atoms with Crippen LogP contribution in [0.4, 0.5) is 0 Å². The van der Waals surface area contributed by atoms with Crippen LogP contribution in [0.5, 0.6) is 0 Å². The van der Waals surface area contributed by atoms with Gasteiger partial charge in [-0.05, 0) is 49.4 Å². The van der Waals surface area contributed by atoms with Gasteiger partial charge in [-0.15, -0.1) is 0 Å². The zero-order chi connectivity index (χ0) is 15.2. The molecule has 1 heterocycles. The minimum Gasteiger partial charge on any atom is -0.384 e. The van der Waals surface area contributed by atoms with Gasteiger partial charge in [-0.2, -0.15) is 0 Å². The van der Waals surface area contributed by atoms with Crippen LogP contribution in [-0.2, 0) is 4.74 Å². The van der Waals surface area contributed by atoms with Crippen molar-refractivity contribution in [2.24, 2.45) is 11.7 Å². The van der Waals surface area contributed by atoms with Gasteiger partial charge in [-0.25, -0.2) is 0 Å². The number of benzene rings is 1. The first-order valence-electron chi connectivity index (χ1n) is 7.89. The fourth-order valence-corrected chi connectivity index (χ4v) is 3.60. The summed E-state index contributed by atoms with van der Waals surface area (Å²) in [6, 6.07) is 9.10. The van der Waals surface area contributed by atoms with Crippen molar-refractivity contribution in [3.05, 3.63) is 34.3 Å². The van der Waals surface area contributed by atoms with Crippen molar-refractivity contribution in [3.8, 4) is 0 Å². The Labute approximate surface area is 137 Å². The number of methoxy groups -OCH3 is 1. The normalized spacial score (nSPS) is 23.0. The van der Waals surface area contributed by atoms with E-state index in [1.807, 2.05) is 0 Å². The largest absolute Gasteiger partial charge is 0.384 e. The Morgan fingerprint density at radius 2 is 2.10 bits per heavy atom. The van der Waals surface area contributed by atoms with E-state index in [1.54, 1.807) is 7.11 Å². The van der Waals surface area contributed by atoms with E-state index >= 15 is 0 Å². The molecule has 0 saturated carbocycles. The highest BCUT2D eigenvalue weighted by molar-refractivity contribution is 9.10. The molecule has 118 valence electrons. The summed E-state index contributed by atoms with van der Waals surface area (Å²) in [5.41, 5.74) is 7.78. The predicted octanol–water partition coefficient (Wildman–Crippen LogP) is 3.59. The van der Waals surface area contributed by atoms with E-state index in [1.165, 1.54) is 18.4 Å². The number of nitrogens with two attached hydrogens (primary N) is 1. The Bertz CT molecular complexity index is 421. The van der Waals surface area contributed by atoms with Crippen LogP contribution in [0.2, 0.25) is 0 Å². The maximum Gasteiger partial charge on any atom is 0.0502 e. The van der Waals surface area contributed by atoms with Gasteiger partial charge in [0.25, 0.3) is 0 Å². The number of likely N-dealkylation sites (tertiary alicyclic amines) is 1. The highest BCUT2D eigenvalue weighted by Crippen LogP contribution is 2.30. The molecule has 0 aliphatic carbocycles. The lowest BCUT2D eigenvalue weighted by Gasteiger charge is -2.40. The lowest BCUT2D eigenvalue weighted by molar-refractivity contribution is 0.0597. The van der Waals surface area contributed by atoms with E-state index in [2.05, 4.69) is 52.0 Å². The predicted molar refractivity (Wildman–Crippen MR) is 91.3 cm³/mol. The summed E-state index contributed by atoms with van der Waals surface area (Å²) < 4.78 is 6.47. The molecule has 1 aromatic rings. The summed E-state index contributed by atoms with van der Waals surface area (Å²) in [5, 5.41) is 0. The molecule has 0 aromatic heterocycles. The van der Waals surface area contributed by atoms with Gasteiger partial charge in [-0.3, -0.25) is 4.90 Å². The summed E-state index contributed by atoms with van der Waals surface area (Å²) >= 11 is 3.51. The Hall–Kier alpha value is -0.420. The van der Waals surface area contributed by atoms with Crippen LogP contribution >= 0.6 is 15.9 Å². The van der Waals surface area contributed by atoms with Crippen LogP contribution in [-0.4, -0.2) is 37.7 Å². The molecule has 1 fully saturated rings. The second-order valence-electron chi connectivity index (χ2n) is 6.03. The van der Waals surface area contributed by atoms with Gasteiger partial charge in [0, 0.05) is 30.2 Å². The SMILES string of the molecule is CCC(N)C(c1ccc(Br)cc1)N1CCCC(COC)C1. The molecule has 3 unspecified atom stereocenters. The standard InChI is InChI=1S/C17H27BrN2O/c1-3-16(19)17(14-6-8-15(18)9-7-14)20-10-4-5-13(11-20)12-21-2/h6-9,13,16-17H,3-5,10-12,19H2,1-2H3. The molecule has 1 aliphatic rings. The minimum atomic E-state index is 0.174. The first-order chi connectivity index (χ1) is 10.2. The molecule has 3 atom stereocenters. The van der Waals surface area contributed by atoms with Crippen molar-refractivity contribution >= 4 is 15.9 Å². The molecule has 1 saturated heterocycles. The molecular formula is C17H27BrN2O. The first kappa shape index (κ1) is 16.9. The van der Waals surface area contributed by atoms with Crippen molar-refractivity contribution in [1.82, 2.24) is 4.90 Å². The summed E-state index contributed by atoms with van der Waals surface area (Å²) in [7, 11) is 1.79. The smallest absolute Gasteiger partial charge is 0.0502 e. The third-order valence-corrected chi connectivity index (χ3v) is 4.96. The highest BCUT2D eigenvalue weighted by atomic mass is 79.9. The molecule has 0 amide bonds. The van der Waals surface area contributed by atoms with Gasteiger partial charge in [0.15, 0.2) is 0 Å². The van der Waals surface area contributed by atoms with E-state index in [0.29, 0.717) is 12.0 Å². The van der Waals surface area contributed by atoms with Gasteiger partial charge in [0.05, 0.1) is 6.61 Å². The summed E-state index contributed by atoms with van der Waals surface area (Å²) in [5.74, 6) is 0.630. The van der Waals surface area contributed by atoms with Crippen LogP contribution in [0.3, 0.4) is 0 Å². The van der Waals surface area contributed by atoms with Gasteiger partial charge >= 0.3 is 0 Å². The number of halogens is 1. The Morgan fingerprint density at radius 1 is 1.38 bits per heavy atom. The second-order valence-corrected chi connectivity index (χ2v) is 6.94. The fraction of sp³-hybridized carbons (Fsp3) is 0.647. The van der Waals surface area contributed by atoms with Gasteiger partial charge in [0.2, 0.25) is 0 Å². The number of nitrogens with zero attached hydrogens (tertiary/aromatic N) is 1. The van der Waals surface area contributed by atoms with Crippen LogP contribution < -0.4 is 5.73 Å². The lowest BCUT2D eigenvalue weighted by atomic mass is 9.91. The van der Waals surface area contributed by atoms with Crippen LogP contribution in [0.1, 0.15) is 37.8 Å². The summed E-state index contributed by atoms with van der Waals surface area (Å²) in [4.78, 5) is 2.56. The number of hydrogen-bond donors (Lipinski definition) is 1. The average molecular weight is 355 g/mol. The number of ether oxygens (including phenoxy) is 1. The molecule has 2 N–H and O–H groups in total. The van der Waals surface area contributed by atoms with Crippen LogP contribution in [0.15, 0.2) is 28.7 Å². The molecule has 4 heteroatoms. The lowest BCUT2D eigenvalue weighted by Crippen LogP contribution is -2.46. The monoisotopic (exact) mass is 354 g/mol. The van der Waals surface area contributed by atoms with E-state index in [4.69, 9.17) is 10.5 Å².